The fraction of sp³-hybridized carbons (Fsp3) is 0.368. The Bertz CT molecular complexity index is 815. The third-order valence-electron chi connectivity index (χ3n) is 4.49. The second-order valence-corrected chi connectivity index (χ2v) is 6.34. The largest absolute Gasteiger partial charge is 0.496 e. The molecule has 1 aliphatic rings. The van der Waals surface area contributed by atoms with E-state index >= 15 is 0 Å². The van der Waals surface area contributed by atoms with E-state index in [1.54, 1.807) is 16.9 Å². The van der Waals surface area contributed by atoms with Crippen LogP contribution in [0.3, 0.4) is 0 Å². The normalized spacial score (nSPS) is 14.3. The number of nitrogens with zero attached hydrogens (tertiary/aromatic N) is 4. The lowest BCUT2D eigenvalue weighted by atomic mass is 10.0. The van der Waals surface area contributed by atoms with Crippen LogP contribution in [0.25, 0.3) is 0 Å². The molecule has 0 N–H and O–H groups in total. The molecule has 0 spiro atoms. The molecule has 26 heavy (non-hydrogen) atoms. The van der Waals surface area contributed by atoms with E-state index in [2.05, 4.69) is 9.97 Å². The summed E-state index contributed by atoms with van der Waals surface area (Å²) in [5.41, 5.74) is 2.84. The Morgan fingerprint density at radius 1 is 1.00 bits per heavy atom. The van der Waals surface area contributed by atoms with Crippen molar-refractivity contribution in [2.45, 2.75) is 13.8 Å². The summed E-state index contributed by atoms with van der Waals surface area (Å²) in [5.74, 6) is 0.382. The van der Waals surface area contributed by atoms with Gasteiger partial charge < -0.3 is 14.5 Å². The number of rotatable bonds is 3. The number of ether oxygens (including phenoxy) is 1. The maximum atomic E-state index is 13.0. The Labute approximate surface area is 152 Å². The number of carbonyl (C=O) groups is 2. The average molecular weight is 354 g/mol. The lowest BCUT2D eigenvalue weighted by Crippen LogP contribution is -2.50. The molecule has 1 aliphatic heterocycles. The Morgan fingerprint density at radius 3 is 2.23 bits per heavy atom. The molecule has 1 fully saturated rings. The van der Waals surface area contributed by atoms with Gasteiger partial charge in [-0.1, -0.05) is 6.07 Å². The molecule has 7 nitrogen and oxygen atoms in total. The van der Waals surface area contributed by atoms with Gasteiger partial charge in [-0.2, -0.15) is 0 Å². The van der Waals surface area contributed by atoms with E-state index in [4.69, 9.17) is 4.74 Å². The fourth-order valence-electron chi connectivity index (χ4n) is 3.24. The highest BCUT2D eigenvalue weighted by atomic mass is 16.5. The van der Waals surface area contributed by atoms with Gasteiger partial charge in [-0.25, -0.2) is 4.98 Å². The molecule has 2 heterocycles. The van der Waals surface area contributed by atoms with Crippen LogP contribution in [0.15, 0.2) is 30.7 Å². The Balaban J connectivity index is 1.71. The smallest absolute Gasteiger partial charge is 0.274 e. The molecule has 7 heteroatoms. The first kappa shape index (κ1) is 17.8. The highest BCUT2D eigenvalue weighted by Crippen LogP contribution is 2.26. The SMILES string of the molecule is COc1c(C)cc(C)cc1C(=O)N1CCN(C(=O)c2cnccn2)CC1. The molecule has 136 valence electrons. The van der Waals surface area contributed by atoms with Crippen LogP contribution in [0.5, 0.6) is 5.75 Å². The quantitative estimate of drug-likeness (QED) is 0.839. The number of methoxy groups -OCH3 is 1. The van der Waals surface area contributed by atoms with Crippen molar-refractivity contribution in [3.8, 4) is 5.75 Å². The molecule has 1 aromatic carbocycles. The predicted octanol–water partition coefficient (Wildman–Crippen LogP) is 1.70. The van der Waals surface area contributed by atoms with Crippen LogP contribution in [0.4, 0.5) is 0 Å². The second-order valence-electron chi connectivity index (χ2n) is 6.34. The van der Waals surface area contributed by atoms with Crippen LogP contribution in [0.1, 0.15) is 32.0 Å². The maximum absolute atomic E-state index is 13.0. The average Bonchev–Trinajstić information content (AvgIpc) is 2.67. The Morgan fingerprint density at radius 2 is 1.65 bits per heavy atom. The molecule has 1 aromatic heterocycles. The summed E-state index contributed by atoms with van der Waals surface area (Å²) >= 11 is 0. The van der Waals surface area contributed by atoms with Crippen molar-refractivity contribution in [3.63, 3.8) is 0 Å². The van der Waals surface area contributed by atoms with Crippen LogP contribution in [0, 0.1) is 13.8 Å². The van der Waals surface area contributed by atoms with E-state index in [0.29, 0.717) is 43.2 Å². The zero-order valence-electron chi connectivity index (χ0n) is 15.2. The summed E-state index contributed by atoms with van der Waals surface area (Å²) in [7, 11) is 1.58. The van der Waals surface area contributed by atoms with Crippen LogP contribution in [-0.2, 0) is 0 Å². The first-order valence-corrected chi connectivity index (χ1v) is 8.51. The van der Waals surface area contributed by atoms with Gasteiger partial charge in [-0.3, -0.25) is 14.6 Å². The number of piperazine rings is 1. The van der Waals surface area contributed by atoms with Gasteiger partial charge >= 0.3 is 0 Å². The zero-order valence-corrected chi connectivity index (χ0v) is 15.2. The summed E-state index contributed by atoms with van der Waals surface area (Å²) in [4.78, 5) is 36.8. The van der Waals surface area contributed by atoms with Crippen LogP contribution in [-0.4, -0.2) is 64.9 Å². The van der Waals surface area contributed by atoms with Crippen LogP contribution in [0.2, 0.25) is 0 Å². The molecule has 1 saturated heterocycles. The van der Waals surface area contributed by atoms with Crippen molar-refractivity contribution >= 4 is 11.8 Å². The molecule has 0 radical (unpaired) electrons. The molecular weight excluding hydrogens is 332 g/mol. The van der Waals surface area contributed by atoms with Gasteiger partial charge in [0.25, 0.3) is 11.8 Å². The number of hydrogen-bond donors (Lipinski definition) is 0. The number of amides is 2. The molecule has 3 rings (SSSR count). The third kappa shape index (κ3) is 3.51. The highest BCUT2D eigenvalue weighted by Gasteiger charge is 2.28. The minimum Gasteiger partial charge on any atom is -0.496 e. The van der Waals surface area contributed by atoms with Gasteiger partial charge in [0.2, 0.25) is 0 Å². The van der Waals surface area contributed by atoms with E-state index in [1.807, 2.05) is 26.0 Å². The van der Waals surface area contributed by atoms with Crippen LogP contribution >= 0.6 is 0 Å². The molecule has 0 saturated carbocycles. The summed E-state index contributed by atoms with van der Waals surface area (Å²) in [5, 5.41) is 0. The lowest BCUT2D eigenvalue weighted by Gasteiger charge is -2.35. The minimum atomic E-state index is -0.158. The molecule has 0 atom stereocenters. The van der Waals surface area contributed by atoms with E-state index < -0.39 is 0 Å². The van der Waals surface area contributed by atoms with Gasteiger partial charge in [0, 0.05) is 38.6 Å². The molecule has 2 amide bonds. The fourth-order valence-corrected chi connectivity index (χ4v) is 3.24. The standard InChI is InChI=1S/C19H22N4O3/c1-13-10-14(2)17(26-3)15(11-13)18(24)22-6-8-23(9-7-22)19(25)16-12-20-4-5-21-16/h4-5,10-12H,6-9H2,1-3H3. The summed E-state index contributed by atoms with van der Waals surface area (Å²) in [6.07, 6.45) is 4.49. The van der Waals surface area contributed by atoms with E-state index in [1.165, 1.54) is 18.6 Å². The van der Waals surface area contributed by atoms with Gasteiger partial charge in [0.1, 0.15) is 11.4 Å². The number of carbonyl (C=O) groups excluding carboxylic acids is 2. The molecule has 0 bridgehead atoms. The second kappa shape index (κ2) is 7.51. The van der Waals surface area contributed by atoms with Crippen LogP contribution < -0.4 is 4.74 Å². The number of aryl methyl sites for hydroxylation is 2. The van der Waals surface area contributed by atoms with Crippen molar-refractivity contribution < 1.29 is 14.3 Å². The number of aromatic nitrogens is 2. The van der Waals surface area contributed by atoms with Gasteiger partial charge in [0.15, 0.2) is 0 Å². The monoisotopic (exact) mass is 354 g/mol. The maximum Gasteiger partial charge on any atom is 0.274 e. The topological polar surface area (TPSA) is 75.6 Å². The first-order valence-electron chi connectivity index (χ1n) is 8.51. The number of hydrogen-bond acceptors (Lipinski definition) is 5. The molecule has 0 aliphatic carbocycles. The Hall–Kier alpha value is -2.96. The first-order chi connectivity index (χ1) is 12.5. The van der Waals surface area contributed by atoms with Gasteiger partial charge in [-0.15, -0.1) is 0 Å². The van der Waals surface area contributed by atoms with Gasteiger partial charge in [0.05, 0.1) is 18.9 Å². The van der Waals surface area contributed by atoms with E-state index in [-0.39, 0.29) is 11.8 Å². The molecule has 0 unspecified atom stereocenters. The highest BCUT2D eigenvalue weighted by molar-refractivity contribution is 5.98. The van der Waals surface area contributed by atoms with Crippen molar-refractivity contribution in [1.82, 2.24) is 19.8 Å². The predicted molar refractivity (Wildman–Crippen MR) is 96.3 cm³/mol. The lowest BCUT2D eigenvalue weighted by molar-refractivity contribution is 0.0530. The summed E-state index contributed by atoms with van der Waals surface area (Å²) in [6, 6.07) is 3.85. The van der Waals surface area contributed by atoms with Crippen molar-refractivity contribution in [2.75, 3.05) is 33.3 Å². The number of benzene rings is 1. The van der Waals surface area contributed by atoms with Crippen molar-refractivity contribution in [1.29, 1.82) is 0 Å². The van der Waals surface area contributed by atoms with E-state index in [9.17, 15) is 9.59 Å². The summed E-state index contributed by atoms with van der Waals surface area (Å²) in [6.45, 7) is 5.77. The van der Waals surface area contributed by atoms with Crippen molar-refractivity contribution in [3.05, 3.63) is 53.1 Å². The van der Waals surface area contributed by atoms with Crippen molar-refractivity contribution in [2.24, 2.45) is 0 Å². The molecule has 2 aromatic rings. The van der Waals surface area contributed by atoms with E-state index in [0.717, 1.165) is 11.1 Å². The van der Waals surface area contributed by atoms with Gasteiger partial charge in [-0.05, 0) is 31.0 Å². The zero-order chi connectivity index (χ0) is 18.7. The molecular formula is C19H22N4O3. The third-order valence-corrected chi connectivity index (χ3v) is 4.49. The summed E-state index contributed by atoms with van der Waals surface area (Å²) < 4.78 is 5.43. The minimum absolute atomic E-state index is 0.0692. The Kier molecular flexibility index (Phi) is 5.16.